The molecular weight excluding hydrogens is 432 g/mol. The lowest BCUT2D eigenvalue weighted by Crippen LogP contribution is -2.24. The molecule has 0 saturated heterocycles. The van der Waals surface area contributed by atoms with E-state index in [0.717, 1.165) is 0 Å². The number of hydrogen-bond donors (Lipinski definition) is 3. The zero-order valence-corrected chi connectivity index (χ0v) is 17.1. The second-order valence-electron chi connectivity index (χ2n) is 7.47. The van der Waals surface area contributed by atoms with Crippen molar-refractivity contribution in [2.24, 2.45) is 11.1 Å². The normalized spacial score (nSPS) is 21.6. The molecule has 1 saturated carbocycles. The quantitative estimate of drug-likeness (QED) is 0.497. The van der Waals surface area contributed by atoms with Crippen molar-refractivity contribution < 1.29 is 26.5 Å². The standard InChI is InChI=1S/C19H21F2N5O4S/c20-15-2-1-3-16(21)14(15)8-23-18-13-4-5-26(19(13)25-10-24-18)12-6-11(17(27)7-12)9-30-31(22,28)29/h1-5,10-12,17,27H,6-9H2,(H2,22,28,29)(H,23,24,25)/t11-,12+,17-/m0/s1. The average Bonchev–Trinajstić information content (AvgIpc) is 3.29. The first-order chi connectivity index (χ1) is 14.7. The Morgan fingerprint density at radius 2 is 1.97 bits per heavy atom. The zero-order chi connectivity index (χ0) is 22.2. The van der Waals surface area contributed by atoms with Crippen LogP contribution in [0.4, 0.5) is 14.6 Å². The summed E-state index contributed by atoms with van der Waals surface area (Å²) in [7, 11) is -4.08. The summed E-state index contributed by atoms with van der Waals surface area (Å²) >= 11 is 0. The second-order valence-corrected chi connectivity index (χ2v) is 8.69. The van der Waals surface area contributed by atoms with Crippen molar-refractivity contribution in [2.75, 3.05) is 11.9 Å². The Morgan fingerprint density at radius 1 is 1.23 bits per heavy atom. The number of benzene rings is 1. The summed E-state index contributed by atoms with van der Waals surface area (Å²) in [4.78, 5) is 8.48. The summed E-state index contributed by atoms with van der Waals surface area (Å²) in [5.74, 6) is -1.28. The van der Waals surface area contributed by atoms with Crippen LogP contribution < -0.4 is 10.5 Å². The minimum atomic E-state index is -4.08. The molecule has 0 spiro atoms. The van der Waals surface area contributed by atoms with E-state index < -0.39 is 34.0 Å². The maximum absolute atomic E-state index is 13.9. The molecule has 0 amide bonds. The third-order valence-electron chi connectivity index (χ3n) is 5.48. The number of anilines is 1. The highest BCUT2D eigenvalue weighted by Crippen LogP contribution is 2.37. The highest BCUT2D eigenvalue weighted by atomic mass is 32.2. The molecule has 1 aliphatic carbocycles. The molecule has 3 aromatic rings. The number of aliphatic hydroxyl groups is 1. The van der Waals surface area contributed by atoms with Gasteiger partial charge in [-0.2, -0.15) is 8.42 Å². The number of nitrogens with two attached hydrogens (primary N) is 1. The SMILES string of the molecule is NS(=O)(=O)OC[C@@H]1C[C@@H](n2ccc3c(NCc4c(F)cccc4F)ncnc32)C[C@@H]1O. The molecule has 2 aromatic heterocycles. The van der Waals surface area contributed by atoms with Crippen LogP contribution >= 0.6 is 0 Å². The molecule has 0 radical (unpaired) electrons. The van der Waals surface area contributed by atoms with Crippen LogP contribution in [0.2, 0.25) is 0 Å². The number of hydrogen-bond acceptors (Lipinski definition) is 7. The number of nitrogens with one attached hydrogen (secondary N) is 1. The van der Waals surface area contributed by atoms with Gasteiger partial charge in [0.05, 0.1) is 18.1 Å². The predicted octanol–water partition coefficient (Wildman–Crippen LogP) is 1.85. The van der Waals surface area contributed by atoms with Gasteiger partial charge in [-0.25, -0.2) is 23.9 Å². The van der Waals surface area contributed by atoms with Crippen LogP contribution in [0.15, 0.2) is 36.8 Å². The third kappa shape index (κ3) is 4.66. The topological polar surface area (TPSA) is 132 Å². The van der Waals surface area contributed by atoms with Crippen LogP contribution in [0, 0.1) is 17.6 Å². The second kappa shape index (κ2) is 8.46. The average molecular weight is 453 g/mol. The van der Waals surface area contributed by atoms with Gasteiger partial charge in [-0.05, 0) is 31.0 Å². The smallest absolute Gasteiger partial charge is 0.333 e. The molecular formula is C19H21F2N5O4S. The summed E-state index contributed by atoms with van der Waals surface area (Å²) in [6.07, 6.45) is 3.22. The summed E-state index contributed by atoms with van der Waals surface area (Å²) < 4.78 is 56.3. The van der Waals surface area contributed by atoms with Gasteiger partial charge in [-0.3, -0.25) is 4.18 Å². The zero-order valence-electron chi connectivity index (χ0n) is 16.3. The number of rotatable bonds is 7. The lowest BCUT2D eigenvalue weighted by molar-refractivity contribution is 0.100. The molecule has 0 bridgehead atoms. The van der Waals surface area contributed by atoms with Crippen molar-refractivity contribution >= 4 is 27.2 Å². The fourth-order valence-electron chi connectivity index (χ4n) is 3.94. The highest BCUT2D eigenvalue weighted by Gasteiger charge is 2.35. The lowest BCUT2D eigenvalue weighted by atomic mass is 10.1. The van der Waals surface area contributed by atoms with Gasteiger partial charge in [0.1, 0.15) is 29.4 Å². The van der Waals surface area contributed by atoms with Gasteiger partial charge < -0.3 is 15.0 Å². The van der Waals surface area contributed by atoms with Gasteiger partial charge in [-0.15, -0.1) is 0 Å². The Morgan fingerprint density at radius 3 is 2.68 bits per heavy atom. The van der Waals surface area contributed by atoms with E-state index in [-0.39, 0.29) is 24.8 Å². The Hall–Kier alpha value is -2.67. The molecule has 4 N–H and O–H groups in total. The Bertz CT molecular complexity index is 1180. The van der Waals surface area contributed by atoms with Crippen LogP contribution in [-0.2, 0) is 21.0 Å². The van der Waals surface area contributed by atoms with Gasteiger partial charge in [-0.1, -0.05) is 6.07 Å². The fourth-order valence-corrected chi connectivity index (χ4v) is 4.31. The minimum absolute atomic E-state index is 0.0923. The molecule has 1 fully saturated rings. The molecule has 9 nitrogen and oxygen atoms in total. The van der Waals surface area contributed by atoms with Crippen LogP contribution in [0.5, 0.6) is 0 Å². The van der Waals surface area contributed by atoms with Crippen molar-refractivity contribution in [3.05, 3.63) is 54.0 Å². The van der Waals surface area contributed by atoms with Crippen LogP contribution in [0.1, 0.15) is 24.4 Å². The van der Waals surface area contributed by atoms with E-state index in [0.29, 0.717) is 29.7 Å². The van der Waals surface area contributed by atoms with Gasteiger partial charge in [0.15, 0.2) is 0 Å². The molecule has 31 heavy (non-hydrogen) atoms. The van der Waals surface area contributed by atoms with E-state index in [2.05, 4.69) is 19.5 Å². The first kappa shape index (κ1) is 21.6. The molecule has 166 valence electrons. The molecule has 12 heteroatoms. The van der Waals surface area contributed by atoms with Crippen molar-refractivity contribution in [1.29, 1.82) is 0 Å². The Kier molecular flexibility index (Phi) is 5.88. The molecule has 0 unspecified atom stereocenters. The highest BCUT2D eigenvalue weighted by molar-refractivity contribution is 7.84. The number of nitrogens with zero attached hydrogens (tertiary/aromatic N) is 3. The van der Waals surface area contributed by atoms with E-state index in [1.807, 2.05) is 4.57 Å². The predicted molar refractivity (Wildman–Crippen MR) is 108 cm³/mol. The van der Waals surface area contributed by atoms with Crippen LogP contribution in [0.25, 0.3) is 11.0 Å². The molecule has 3 atom stereocenters. The van der Waals surface area contributed by atoms with Crippen molar-refractivity contribution in [3.8, 4) is 0 Å². The van der Waals surface area contributed by atoms with E-state index >= 15 is 0 Å². The summed E-state index contributed by atoms with van der Waals surface area (Å²) in [5, 5.41) is 18.8. The van der Waals surface area contributed by atoms with E-state index in [1.165, 1.54) is 24.5 Å². The summed E-state index contributed by atoms with van der Waals surface area (Å²) in [5.41, 5.74) is 0.488. The number of aromatic nitrogens is 3. The monoisotopic (exact) mass is 453 g/mol. The van der Waals surface area contributed by atoms with Crippen molar-refractivity contribution in [1.82, 2.24) is 14.5 Å². The number of aliphatic hydroxyl groups excluding tert-OH is 1. The van der Waals surface area contributed by atoms with E-state index in [4.69, 9.17) is 5.14 Å². The Labute approximate surface area is 177 Å². The van der Waals surface area contributed by atoms with Gasteiger partial charge in [0.2, 0.25) is 0 Å². The first-order valence-electron chi connectivity index (χ1n) is 9.56. The Balaban J connectivity index is 1.53. The van der Waals surface area contributed by atoms with Crippen LogP contribution in [-0.4, -0.2) is 40.8 Å². The van der Waals surface area contributed by atoms with E-state index in [9.17, 15) is 22.3 Å². The molecule has 1 aromatic carbocycles. The van der Waals surface area contributed by atoms with Gasteiger partial charge in [0.25, 0.3) is 0 Å². The maximum atomic E-state index is 13.9. The fraction of sp³-hybridized carbons (Fsp3) is 0.368. The van der Waals surface area contributed by atoms with Crippen molar-refractivity contribution in [3.63, 3.8) is 0 Å². The van der Waals surface area contributed by atoms with Gasteiger partial charge in [0, 0.05) is 30.3 Å². The molecule has 0 aliphatic heterocycles. The maximum Gasteiger partial charge on any atom is 0.333 e. The molecule has 1 aliphatic rings. The first-order valence-corrected chi connectivity index (χ1v) is 11.0. The largest absolute Gasteiger partial charge is 0.393 e. The molecule has 2 heterocycles. The van der Waals surface area contributed by atoms with E-state index in [1.54, 1.807) is 12.3 Å². The summed E-state index contributed by atoms with van der Waals surface area (Å²) in [6, 6.07) is 5.30. The van der Waals surface area contributed by atoms with Crippen LogP contribution in [0.3, 0.4) is 0 Å². The minimum Gasteiger partial charge on any atom is -0.393 e. The number of halogens is 2. The lowest BCUT2D eigenvalue weighted by Gasteiger charge is -2.14. The summed E-state index contributed by atoms with van der Waals surface area (Å²) in [6.45, 7) is -0.295. The van der Waals surface area contributed by atoms with Crippen molar-refractivity contribution in [2.45, 2.75) is 31.5 Å². The molecule has 4 rings (SSSR count). The number of fused-ring (bicyclic) bond motifs is 1. The van der Waals surface area contributed by atoms with Gasteiger partial charge >= 0.3 is 10.3 Å². The third-order valence-corrected chi connectivity index (χ3v) is 5.94.